The third-order valence-corrected chi connectivity index (χ3v) is 1.86. The van der Waals surface area contributed by atoms with Crippen LogP contribution in [0, 0.1) is 0 Å². The first-order chi connectivity index (χ1) is 6.40. The molecule has 1 aromatic rings. The van der Waals surface area contributed by atoms with Crippen molar-refractivity contribution >= 4 is 28.3 Å². The van der Waals surface area contributed by atoms with E-state index >= 15 is 0 Å². The van der Waals surface area contributed by atoms with E-state index < -0.39 is 6.36 Å². The number of alkyl halides is 3. The number of ether oxygens (including phenoxy) is 1. The number of halogens is 5. The van der Waals surface area contributed by atoms with Gasteiger partial charge in [0.15, 0.2) is 0 Å². The Morgan fingerprint density at radius 1 is 1.27 bits per heavy atom. The van der Waals surface area contributed by atoms with Crippen LogP contribution in [0.4, 0.5) is 13.2 Å². The second-order valence-corrected chi connectivity index (χ2v) is 3.46. The normalized spacial score (nSPS) is 10.7. The van der Waals surface area contributed by atoms with Gasteiger partial charge in [0.2, 0.25) is 0 Å². The van der Waals surface area contributed by atoms with E-state index in [2.05, 4.69) is 20.7 Å². The quantitative estimate of drug-likeness (QED) is 0.910. The van der Waals surface area contributed by atoms with Crippen LogP contribution in [0.25, 0.3) is 0 Å². The lowest BCUT2D eigenvalue weighted by atomic mass is 10.2. The number of benzene rings is 1. The van der Waals surface area contributed by atoms with E-state index in [1.54, 1.807) is 6.07 Å². The van der Waals surface area contributed by atoms with Crippen LogP contribution >= 0.6 is 28.3 Å². The highest BCUT2D eigenvalue weighted by atomic mass is 79.9. The van der Waals surface area contributed by atoms with Crippen molar-refractivity contribution in [2.45, 2.75) is 12.9 Å². The molecule has 1 rings (SSSR count). The van der Waals surface area contributed by atoms with Gasteiger partial charge < -0.3 is 10.5 Å². The lowest BCUT2D eigenvalue weighted by molar-refractivity contribution is -0.274. The summed E-state index contributed by atoms with van der Waals surface area (Å²) in [6.07, 6.45) is -4.67. The second kappa shape index (κ2) is 5.58. The zero-order chi connectivity index (χ0) is 10.8. The Labute approximate surface area is 99.1 Å². The van der Waals surface area contributed by atoms with Crippen LogP contribution in [0.2, 0.25) is 0 Å². The van der Waals surface area contributed by atoms with Gasteiger partial charge in [-0.2, -0.15) is 0 Å². The van der Waals surface area contributed by atoms with Gasteiger partial charge in [0.05, 0.1) is 0 Å². The number of rotatable bonds is 2. The molecule has 0 fully saturated rings. The van der Waals surface area contributed by atoms with Crippen LogP contribution < -0.4 is 10.5 Å². The Morgan fingerprint density at radius 3 is 2.33 bits per heavy atom. The molecule has 0 bridgehead atoms. The predicted molar refractivity (Wildman–Crippen MR) is 56.0 cm³/mol. The summed E-state index contributed by atoms with van der Waals surface area (Å²) in [5, 5.41) is 0. The molecule has 0 spiro atoms. The smallest absolute Gasteiger partial charge is 0.406 e. The second-order valence-electron chi connectivity index (χ2n) is 2.55. The Balaban J connectivity index is 0.00000196. The summed E-state index contributed by atoms with van der Waals surface area (Å²) in [5.41, 5.74) is 5.86. The SMILES string of the molecule is Cl.NCc1cc(Br)cc(OC(F)(F)F)c1. The van der Waals surface area contributed by atoms with Crippen molar-refractivity contribution < 1.29 is 17.9 Å². The van der Waals surface area contributed by atoms with Gasteiger partial charge in [-0.1, -0.05) is 15.9 Å². The monoisotopic (exact) mass is 305 g/mol. The standard InChI is InChI=1S/C8H7BrF3NO.ClH/c9-6-1-5(4-13)2-7(3-6)14-8(10,11)12;/h1-3H,4,13H2;1H. The Hall–Kier alpha value is -0.460. The highest BCUT2D eigenvalue weighted by molar-refractivity contribution is 9.10. The molecule has 0 heterocycles. The van der Waals surface area contributed by atoms with Gasteiger partial charge in [-0.05, 0) is 23.8 Å². The van der Waals surface area contributed by atoms with Gasteiger partial charge in [0.25, 0.3) is 0 Å². The van der Waals surface area contributed by atoms with Crippen LogP contribution in [-0.2, 0) is 6.54 Å². The van der Waals surface area contributed by atoms with E-state index in [9.17, 15) is 13.2 Å². The summed E-state index contributed by atoms with van der Waals surface area (Å²) in [6, 6.07) is 4.11. The first kappa shape index (κ1) is 14.5. The summed E-state index contributed by atoms with van der Waals surface area (Å²) < 4.78 is 39.8. The van der Waals surface area contributed by atoms with Crippen molar-refractivity contribution in [2.75, 3.05) is 0 Å². The molecule has 15 heavy (non-hydrogen) atoms. The molecule has 0 amide bonds. The largest absolute Gasteiger partial charge is 0.573 e. The number of hydrogen-bond donors (Lipinski definition) is 1. The minimum atomic E-state index is -4.67. The number of nitrogens with two attached hydrogens (primary N) is 1. The first-order valence-electron chi connectivity index (χ1n) is 3.66. The Kier molecular flexibility index (Phi) is 5.41. The van der Waals surface area contributed by atoms with Gasteiger partial charge in [-0.25, -0.2) is 0 Å². The van der Waals surface area contributed by atoms with E-state index in [1.165, 1.54) is 12.1 Å². The molecule has 0 aromatic heterocycles. The fourth-order valence-corrected chi connectivity index (χ4v) is 1.45. The maximum atomic E-state index is 11.8. The molecular weight excluding hydrogens is 298 g/mol. The molecule has 0 unspecified atom stereocenters. The van der Waals surface area contributed by atoms with Crippen molar-refractivity contribution in [1.82, 2.24) is 0 Å². The van der Waals surface area contributed by atoms with E-state index in [0.29, 0.717) is 10.0 Å². The molecule has 0 aliphatic carbocycles. The van der Waals surface area contributed by atoms with Crippen molar-refractivity contribution in [3.8, 4) is 5.75 Å². The van der Waals surface area contributed by atoms with E-state index in [0.717, 1.165) is 0 Å². The summed E-state index contributed by atoms with van der Waals surface area (Å²) in [7, 11) is 0. The molecular formula is C8H8BrClF3NO. The molecule has 0 radical (unpaired) electrons. The van der Waals surface area contributed by atoms with Gasteiger partial charge in [0.1, 0.15) is 5.75 Å². The fourth-order valence-electron chi connectivity index (χ4n) is 0.931. The third kappa shape index (κ3) is 5.25. The van der Waals surface area contributed by atoms with Gasteiger partial charge in [-0.15, -0.1) is 25.6 Å². The molecule has 0 atom stereocenters. The van der Waals surface area contributed by atoms with E-state index in [-0.39, 0.29) is 24.7 Å². The predicted octanol–water partition coefficient (Wildman–Crippen LogP) is 3.23. The minimum absolute atomic E-state index is 0. The van der Waals surface area contributed by atoms with Crippen LogP contribution in [0.3, 0.4) is 0 Å². The zero-order valence-corrected chi connectivity index (χ0v) is 9.75. The lowest BCUT2D eigenvalue weighted by Crippen LogP contribution is -2.17. The van der Waals surface area contributed by atoms with Gasteiger partial charge in [-0.3, -0.25) is 0 Å². The topological polar surface area (TPSA) is 35.2 Å². The third-order valence-electron chi connectivity index (χ3n) is 1.40. The van der Waals surface area contributed by atoms with Crippen molar-refractivity contribution in [3.05, 3.63) is 28.2 Å². The molecule has 7 heteroatoms. The van der Waals surface area contributed by atoms with Crippen LogP contribution in [-0.4, -0.2) is 6.36 Å². The Bertz CT molecular complexity index is 332. The molecule has 2 N–H and O–H groups in total. The van der Waals surface area contributed by atoms with Crippen molar-refractivity contribution in [3.63, 3.8) is 0 Å². The average Bonchev–Trinajstić information content (AvgIpc) is 1.99. The maximum absolute atomic E-state index is 11.8. The van der Waals surface area contributed by atoms with Gasteiger partial charge in [0, 0.05) is 11.0 Å². The fraction of sp³-hybridized carbons (Fsp3) is 0.250. The first-order valence-corrected chi connectivity index (χ1v) is 4.45. The van der Waals surface area contributed by atoms with E-state index in [1.807, 2.05) is 0 Å². The van der Waals surface area contributed by atoms with Crippen LogP contribution in [0.15, 0.2) is 22.7 Å². The maximum Gasteiger partial charge on any atom is 0.573 e. The van der Waals surface area contributed by atoms with Crippen LogP contribution in [0.5, 0.6) is 5.75 Å². The molecule has 86 valence electrons. The molecule has 2 nitrogen and oxygen atoms in total. The summed E-state index contributed by atoms with van der Waals surface area (Å²) >= 11 is 3.06. The van der Waals surface area contributed by atoms with E-state index in [4.69, 9.17) is 5.73 Å². The molecule has 0 saturated carbocycles. The van der Waals surface area contributed by atoms with Crippen LogP contribution in [0.1, 0.15) is 5.56 Å². The highest BCUT2D eigenvalue weighted by Crippen LogP contribution is 2.26. The van der Waals surface area contributed by atoms with Crippen molar-refractivity contribution in [1.29, 1.82) is 0 Å². The zero-order valence-electron chi connectivity index (χ0n) is 7.34. The lowest BCUT2D eigenvalue weighted by Gasteiger charge is -2.10. The molecule has 1 aromatic carbocycles. The van der Waals surface area contributed by atoms with Gasteiger partial charge >= 0.3 is 6.36 Å². The average molecular weight is 307 g/mol. The molecule has 0 aliphatic heterocycles. The highest BCUT2D eigenvalue weighted by Gasteiger charge is 2.31. The summed E-state index contributed by atoms with van der Waals surface area (Å²) in [6.45, 7) is 0.160. The minimum Gasteiger partial charge on any atom is -0.406 e. The summed E-state index contributed by atoms with van der Waals surface area (Å²) in [4.78, 5) is 0. The molecule has 0 aliphatic rings. The Morgan fingerprint density at radius 2 is 1.87 bits per heavy atom. The summed E-state index contributed by atoms with van der Waals surface area (Å²) in [5.74, 6) is -0.271. The van der Waals surface area contributed by atoms with Crippen molar-refractivity contribution in [2.24, 2.45) is 5.73 Å². The molecule has 0 saturated heterocycles. The number of hydrogen-bond acceptors (Lipinski definition) is 2.